The number of amides is 1. The minimum atomic E-state index is -4.14. The number of hydrogen-bond donors (Lipinski definition) is 2. The maximum atomic E-state index is 14.0. The van der Waals surface area contributed by atoms with Gasteiger partial charge in [0.05, 0.1) is 19.8 Å². The fourth-order valence-corrected chi connectivity index (χ4v) is 8.63. The SMILES string of the molecule is COc1cccc(-c2ccc3c(c2)OCCC2(CCN(Cc4cccs4)CC2)NC(=O)[C@@H]2C[C@@H](O)CN2S3(=O)=O)c1. The van der Waals surface area contributed by atoms with Crippen LogP contribution < -0.4 is 14.8 Å². The summed E-state index contributed by atoms with van der Waals surface area (Å²) in [5.41, 5.74) is 1.13. The summed E-state index contributed by atoms with van der Waals surface area (Å²) < 4.78 is 40.7. The van der Waals surface area contributed by atoms with Gasteiger partial charge in [-0.2, -0.15) is 4.31 Å². The van der Waals surface area contributed by atoms with Gasteiger partial charge in [-0.1, -0.05) is 24.3 Å². The number of aliphatic hydroxyl groups excluding tert-OH is 1. The number of benzene rings is 2. The van der Waals surface area contributed by atoms with Gasteiger partial charge in [0.1, 0.15) is 22.4 Å². The highest BCUT2D eigenvalue weighted by molar-refractivity contribution is 7.89. The molecule has 1 spiro atoms. The first-order valence-corrected chi connectivity index (χ1v) is 16.3. The number of hydrogen-bond acceptors (Lipinski definition) is 8. The smallest absolute Gasteiger partial charge is 0.247 e. The third kappa shape index (κ3) is 5.74. The number of nitrogens with one attached hydrogen (secondary N) is 1. The molecule has 0 saturated carbocycles. The third-order valence-electron chi connectivity index (χ3n) is 8.47. The number of likely N-dealkylation sites (tertiary alicyclic amines) is 1. The number of fused-ring (bicyclic) bond motifs is 2. The van der Waals surface area contributed by atoms with Gasteiger partial charge in [-0.05, 0) is 59.7 Å². The Labute approximate surface area is 244 Å². The molecule has 9 nitrogen and oxygen atoms in total. The van der Waals surface area contributed by atoms with E-state index in [9.17, 15) is 18.3 Å². The summed E-state index contributed by atoms with van der Waals surface area (Å²) in [6.45, 7) is 2.61. The Morgan fingerprint density at radius 2 is 1.90 bits per heavy atom. The second-order valence-corrected chi connectivity index (χ2v) is 14.0. The molecule has 0 radical (unpaired) electrons. The largest absolute Gasteiger partial charge is 0.497 e. The third-order valence-corrected chi connectivity index (χ3v) is 11.2. The van der Waals surface area contributed by atoms with E-state index in [-0.39, 0.29) is 36.1 Å². The van der Waals surface area contributed by atoms with Crippen LogP contribution in [0.1, 0.15) is 30.6 Å². The molecule has 2 N–H and O–H groups in total. The van der Waals surface area contributed by atoms with Gasteiger partial charge >= 0.3 is 0 Å². The summed E-state index contributed by atoms with van der Waals surface area (Å²) in [4.78, 5) is 17.4. The molecule has 4 heterocycles. The number of ether oxygens (including phenoxy) is 2. The fourth-order valence-electron chi connectivity index (χ4n) is 6.13. The van der Waals surface area contributed by atoms with Gasteiger partial charge in [-0.15, -0.1) is 11.3 Å². The number of nitrogens with zero attached hydrogens (tertiary/aromatic N) is 2. The van der Waals surface area contributed by atoms with Gasteiger partial charge < -0.3 is 19.9 Å². The molecule has 1 aromatic heterocycles. The maximum absolute atomic E-state index is 14.0. The molecule has 2 aromatic carbocycles. The molecule has 1 amide bonds. The number of aliphatic hydroxyl groups is 1. The first-order valence-electron chi connectivity index (χ1n) is 13.9. The molecule has 6 rings (SSSR count). The molecule has 11 heteroatoms. The van der Waals surface area contributed by atoms with E-state index < -0.39 is 27.7 Å². The summed E-state index contributed by atoms with van der Waals surface area (Å²) in [6, 6.07) is 15.8. The van der Waals surface area contributed by atoms with Gasteiger partial charge in [-0.25, -0.2) is 8.42 Å². The van der Waals surface area contributed by atoms with Crippen LogP contribution in [-0.2, 0) is 21.4 Å². The van der Waals surface area contributed by atoms with Crippen molar-refractivity contribution in [1.29, 1.82) is 0 Å². The Bertz CT molecular complexity index is 1500. The van der Waals surface area contributed by atoms with Crippen LogP contribution in [0.3, 0.4) is 0 Å². The molecule has 3 aliphatic heterocycles. The summed E-state index contributed by atoms with van der Waals surface area (Å²) in [5, 5.41) is 15.8. The summed E-state index contributed by atoms with van der Waals surface area (Å²) in [7, 11) is -2.54. The van der Waals surface area contributed by atoms with Gasteiger partial charge in [0.15, 0.2) is 0 Å². The maximum Gasteiger partial charge on any atom is 0.247 e. The Morgan fingerprint density at radius 3 is 2.66 bits per heavy atom. The number of carbonyl (C=O) groups is 1. The van der Waals surface area contributed by atoms with E-state index in [4.69, 9.17) is 9.47 Å². The van der Waals surface area contributed by atoms with Crippen molar-refractivity contribution in [3.8, 4) is 22.6 Å². The van der Waals surface area contributed by atoms with Crippen molar-refractivity contribution in [2.24, 2.45) is 0 Å². The van der Waals surface area contributed by atoms with Crippen LogP contribution in [0.4, 0.5) is 0 Å². The second kappa shape index (κ2) is 11.4. The number of methoxy groups -OCH3 is 1. The molecule has 2 atom stereocenters. The Balaban J connectivity index is 1.33. The molecule has 41 heavy (non-hydrogen) atoms. The van der Waals surface area contributed by atoms with E-state index in [2.05, 4.69) is 27.7 Å². The van der Waals surface area contributed by atoms with E-state index in [0.29, 0.717) is 12.2 Å². The summed E-state index contributed by atoms with van der Waals surface area (Å²) >= 11 is 1.74. The molecule has 2 fully saturated rings. The van der Waals surface area contributed by atoms with Crippen LogP contribution in [0.5, 0.6) is 11.5 Å². The zero-order chi connectivity index (χ0) is 28.6. The molecule has 2 saturated heterocycles. The highest BCUT2D eigenvalue weighted by Crippen LogP contribution is 2.38. The Kier molecular flexibility index (Phi) is 7.82. The molecule has 218 valence electrons. The van der Waals surface area contributed by atoms with Crippen molar-refractivity contribution in [3.05, 3.63) is 64.9 Å². The van der Waals surface area contributed by atoms with Crippen molar-refractivity contribution in [3.63, 3.8) is 0 Å². The number of piperidine rings is 1. The standard InChI is InChI=1S/C30H35N3O6S2/c1-38-24-5-2-4-21(16-24)22-7-8-28-27(17-22)39-14-11-30(9-12-32(13-10-30)20-25-6-3-15-40-25)31-29(35)26-18-23(34)19-33(26)41(28,36)37/h2-8,15-17,23,26,34H,9-14,18-20H2,1H3,(H,31,35)/t23-,26+/m1/s1. The van der Waals surface area contributed by atoms with E-state index in [1.165, 1.54) is 10.9 Å². The van der Waals surface area contributed by atoms with E-state index in [1.54, 1.807) is 30.6 Å². The minimum Gasteiger partial charge on any atom is -0.497 e. The average Bonchev–Trinajstić information content (AvgIpc) is 3.64. The minimum absolute atomic E-state index is 0.00207. The molecule has 0 bridgehead atoms. The predicted octanol–water partition coefficient (Wildman–Crippen LogP) is 3.48. The summed E-state index contributed by atoms with van der Waals surface area (Å²) in [6.07, 6.45) is 1.14. The molecule has 0 aliphatic carbocycles. The van der Waals surface area contributed by atoms with Crippen molar-refractivity contribution < 1.29 is 27.8 Å². The lowest BCUT2D eigenvalue weighted by Crippen LogP contribution is -2.59. The molecular weight excluding hydrogens is 562 g/mol. The molecular formula is C30H35N3O6S2. The molecule has 3 aliphatic rings. The lowest BCUT2D eigenvalue weighted by Gasteiger charge is -2.43. The van der Waals surface area contributed by atoms with E-state index in [1.807, 2.05) is 24.3 Å². The first kappa shape index (κ1) is 28.2. The number of carbonyl (C=O) groups excluding carboxylic acids is 1. The van der Waals surface area contributed by atoms with Crippen molar-refractivity contribution >= 4 is 27.3 Å². The monoisotopic (exact) mass is 597 g/mol. The van der Waals surface area contributed by atoms with E-state index >= 15 is 0 Å². The average molecular weight is 598 g/mol. The van der Waals surface area contributed by atoms with Gasteiger partial charge in [-0.3, -0.25) is 9.69 Å². The zero-order valence-electron chi connectivity index (χ0n) is 23.0. The lowest BCUT2D eigenvalue weighted by atomic mass is 9.84. The van der Waals surface area contributed by atoms with Crippen molar-refractivity contribution in [1.82, 2.24) is 14.5 Å². The molecule has 0 unspecified atom stereocenters. The first-order chi connectivity index (χ1) is 19.8. The van der Waals surface area contributed by atoms with Crippen molar-refractivity contribution in [2.75, 3.05) is 33.4 Å². The highest BCUT2D eigenvalue weighted by atomic mass is 32.2. The Morgan fingerprint density at radius 1 is 1.10 bits per heavy atom. The van der Waals surface area contributed by atoms with Crippen molar-refractivity contribution in [2.45, 2.75) is 54.8 Å². The van der Waals surface area contributed by atoms with Gasteiger partial charge in [0.25, 0.3) is 0 Å². The van der Waals surface area contributed by atoms with E-state index in [0.717, 1.165) is 47.9 Å². The van der Waals surface area contributed by atoms with Crippen LogP contribution >= 0.6 is 11.3 Å². The second-order valence-electron chi connectivity index (χ2n) is 11.1. The molecule has 3 aromatic rings. The number of sulfonamides is 1. The van der Waals surface area contributed by atoms with Gasteiger partial charge in [0.2, 0.25) is 15.9 Å². The quantitative estimate of drug-likeness (QED) is 0.474. The lowest BCUT2D eigenvalue weighted by molar-refractivity contribution is -0.127. The highest BCUT2D eigenvalue weighted by Gasteiger charge is 2.47. The fraction of sp³-hybridized carbons (Fsp3) is 0.433. The topological polar surface area (TPSA) is 108 Å². The Hall–Kier alpha value is -2.96. The number of thiophene rings is 1. The van der Waals surface area contributed by atoms with Crippen LogP contribution in [0, 0.1) is 0 Å². The summed E-state index contributed by atoms with van der Waals surface area (Å²) in [5.74, 6) is 0.580. The number of rotatable bonds is 4. The van der Waals surface area contributed by atoms with Gasteiger partial charge in [0, 0.05) is 49.4 Å². The zero-order valence-corrected chi connectivity index (χ0v) is 24.6. The van der Waals surface area contributed by atoms with Crippen LogP contribution in [-0.4, -0.2) is 79.7 Å². The van der Waals surface area contributed by atoms with Crippen LogP contribution in [0.2, 0.25) is 0 Å². The van der Waals surface area contributed by atoms with Crippen LogP contribution in [0.25, 0.3) is 11.1 Å². The van der Waals surface area contributed by atoms with Crippen LogP contribution in [0.15, 0.2) is 64.9 Å². The predicted molar refractivity (Wildman–Crippen MR) is 157 cm³/mol. The normalized spacial score (nSPS) is 24.5.